The number of hydrogen-bond acceptors (Lipinski definition) is 6. The third-order valence-electron chi connectivity index (χ3n) is 4.44. The number of benzene rings is 1. The van der Waals surface area contributed by atoms with Gasteiger partial charge >= 0.3 is 5.96 Å². The number of nitrogens with zero attached hydrogens (tertiary/aromatic N) is 2. The Hall–Kier alpha value is -3.13. The number of ether oxygens (including phenoxy) is 1. The molecule has 4 rings (SSSR count). The van der Waals surface area contributed by atoms with Crippen LogP contribution >= 0.6 is 0 Å². The zero-order valence-electron chi connectivity index (χ0n) is 15.5. The number of quaternary nitrogens is 1. The molecule has 0 bridgehead atoms. The average Bonchev–Trinajstić information content (AvgIpc) is 3.17. The second-order valence-corrected chi connectivity index (χ2v) is 6.46. The predicted octanol–water partition coefficient (Wildman–Crippen LogP) is -0.618. The first-order valence-electron chi connectivity index (χ1n) is 9.10. The molecule has 1 unspecified atom stereocenters. The van der Waals surface area contributed by atoms with Crippen LogP contribution in [0, 0.1) is 6.92 Å². The van der Waals surface area contributed by atoms with Gasteiger partial charge in [-0.25, -0.2) is 20.6 Å². The standard InChI is InChI=1S/C19H22N6O2/c1-3-26-14-6-7-17-16(9-14)13(2)22-19(23-17)24-18-20-11-25(12-21-18)10-15-5-4-8-27-15/h4-9H,3,10-12H2,1-2H3,(H2,20,21,22,23,24)/p+2. The Morgan fingerprint density at radius 3 is 3.00 bits per heavy atom. The monoisotopic (exact) mass is 368 g/mol. The summed E-state index contributed by atoms with van der Waals surface area (Å²) in [5.41, 5.74) is 1.79. The molecule has 8 heteroatoms. The normalized spacial score (nSPS) is 16.7. The summed E-state index contributed by atoms with van der Waals surface area (Å²) in [5.74, 6) is 3.18. The minimum absolute atomic E-state index is 0.564. The maximum atomic E-state index is 5.56. The van der Waals surface area contributed by atoms with Crippen LogP contribution in [0.25, 0.3) is 10.9 Å². The van der Waals surface area contributed by atoms with Crippen LogP contribution in [0.15, 0.2) is 41.0 Å². The van der Waals surface area contributed by atoms with E-state index < -0.39 is 0 Å². The molecule has 0 fully saturated rings. The number of anilines is 1. The molecule has 140 valence electrons. The van der Waals surface area contributed by atoms with E-state index in [0.717, 1.165) is 53.9 Å². The smallest absolute Gasteiger partial charge is 0.359 e. The molecule has 0 spiro atoms. The van der Waals surface area contributed by atoms with E-state index in [1.54, 1.807) is 6.26 Å². The number of rotatable bonds is 5. The maximum Gasteiger partial charge on any atom is 0.359 e. The first-order chi connectivity index (χ1) is 13.2. The van der Waals surface area contributed by atoms with Gasteiger partial charge in [0.25, 0.3) is 5.95 Å². The van der Waals surface area contributed by atoms with Gasteiger partial charge in [0.15, 0.2) is 19.1 Å². The molecule has 0 saturated heterocycles. The molecule has 0 saturated carbocycles. The van der Waals surface area contributed by atoms with Crippen LogP contribution < -0.4 is 25.3 Å². The zero-order chi connectivity index (χ0) is 18.6. The molecule has 2 aromatic heterocycles. The molecule has 0 aliphatic carbocycles. The van der Waals surface area contributed by atoms with Crippen molar-refractivity contribution in [2.75, 3.05) is 25.3 Å². The second-order valence-electron chi connectivity index (χ2n) is 6.46. The van der Waals surface area contributed by atoms with Crippen molar-refractivity contribution in [3.8, 4) is 5.75 Å². The summed E-state index contributed by atoms with van der Waals surface area (Å²) >= 11 is 0. The highest BCUT2D eigenvalue weighted by atomic mass is 16.5. The largest absolute Gasteiger partial charge is 0.494 e. The lowest BCUT2D eigenvalue weighted by Crippen LogP contribution is -3.23. The van der Waals surface area contributed by atoms with E-state index >= 15 is 0 Å². The van der Waals surface area contributed by atoms with E-state index in [9.17, 15) is 0 Å². The van der Waals surface area contributed by atoms with Crippen molar-refractivity contribution in [3.63, 3.8) is 0 Å². The maximum absolute atomic E-state index is 5.56. The van der Waals surface area contributed by atoms with E-state index in [2.05, 4.69) is 25.6 Å². The van der Waals surface area contributed by atoms with Gasteiger partial charge in [-0.3, -0.25) is 4.90 Å². The third-order valence-corrected chi connectivity index (χ3v) is 4.44. The van der Waals surface area contributed by atoms with Crippen molar-refractivity contribution < 1.29 is 19.0 Å². The van der Waals surface area contributed by atoms with E-state index in [0.29, 0.717) is 12.6 Å². The van der Waals surface area contributed by atoms with Crippen molar-refractivity contribution in [2.45, 2.75) is 20.4 Å². The Morgan fingerprint density at radius 1 is 1.33 bits per heavy atom. The molecule has 0 radical (unpaired) electrons. The van der Waals surface area contributed by atoms with E-state index in [1.165, 1.54) is 4.90 Å². The van der Waals surface area contributed by atoms with Gasteiger partial charge in [0.05, 0.1) is 24.1 Å². The highest BCUT2D eigenvalue weighted by Gasteiger charge is 2.22. The number of hydrogen-bond donors (Lipinski definition) is 4. The average molecular weight is 368 g/mol. The van der Waals surface area contributed by atoms with Gasteiger partial charge in [0, 0.05) is 5.39 Å². The van der Waals surface area contributed by atoms with Crippen LogP contribution in [0.5, 0.6) is 5.75 Å². The van der Waals surface area contributed by atoms with Gasteiger partial charge in [0.1, 0.15) is 12.3 Å². The van der Waals surface area contributed by atoms with Crippen LogP contribution in [0.3, 0.4) is 0 Å². The number of nitrogens with one attached hydrogen (secondary N) is 4. The first kappa shape index (κ1) is 17.3. The van der Waals surface area contributed by atoms with Gasteiger partial charge in [0.2, 0.25) is 0 Å². The van der Waals surface area contributed by atoms with Gasteiger partial charge in [-0.15, -0.1) is 0 Å². The van der Waals surface area contributed by atoms with E-state index in [-0.39, 0.29) is 0 Å². The van der Waals surface area contributed by atoms with Crippen LogP contribution in [0.2, 0.25) is 0 Å². The Bertz CT molecular complexity index is 954. The molecular formula is C19H24N6O2+2. The highest BCUT2D eigenvalue weighted by Crippen LogP contribution is 2.22. The lowest BCUT2D eigenvalue weighted by atomic mass is 10.2. The van der Waals surface area contributed by atoms with Crippen molar-refractivity contribution in [3.05, 3.63) is 48.0 Å². The Balaban J connectivity index is 1.45. The number of aryl methyl sites for hydroxylation is 1. The summed E-state index contributed by atoms with van der Waals surface area (Å²) in [5, 5.41) is 7.57. The Kier molecular flexibility index (Phi) is 4.88. The highest BCUT2D eigenvalue weighted by molar-refractivity contribution is 5.89. The minimum Gasteiger partial charge on any atom is -0.494 e. The van der Waals surface area contributed by atoms with Crippen LogP contribution in [0.4, 0.5) is 5.95 Å². The zero-order valence-corrected chi connectivity index (χ0v) is 15.5. The molecule has 3 aromatic rings. The van der Waals surface area contributed by atoms with Gasteiger partial charge in [-0.1, -0.05) is 0 Å². The minimum atomic E-state index is 0.564. The number of furan rings is 1. The summed E-state index contributed by atoms with van der Waals surface area (Å²) in [4.78, 5) is 13.9. The lowest BCUT2D eigenvalue weighted by Gasteiger charge is -2.19. The summed E-state index contributed by atoms with van der Waals surface area (Å²) in [6, 6.07) is 9.78. The summed E-state index contributed by atoms with van der Waals surface area (Å²) in [6.07, 6.45) is 1.70. The molecule has 27 heavy (non-hydrogen) atoms. The topological polar surface area (TPSA) is 90.6 Å². The summed E-state index contributed by atoms with van der Waals surface area (Å²) < 4.78 is 11.0. The third kappa shape index (κ3) is 4.01. The van der Waals surface area contributed by atoms with E-state index in [4.69, 9.17) is 9.15 Å². The second kappa shape index (κ2) is 7.63. The van der Waals surface area contributed by atoms with Crippen molar-refractivity contribution in [1.29, 1.82) is 0 Å². The number of fused-ring (bicyclic) bond motifs is 1. The van der Waals surface area contributed by atoms with E-state index in [1.807, 2.05) is 44.2 Å². The van der Waals surface area contributed by atoms with Crippen LogP contribution in [0.1, 0.15) is 18.4 Å². The van der Waals surface area contributed by atoms with Crippen molar-refractivity contribution >= 4 is 22.8 Å². The number of aromatic nitrogens is 2. The van der Waals surface area contributed by atoms with Crippen LogP contribution in [-0.4, -0.2) is 35.9 Å². The van der Waals surface area contributed by atoms with Gasteiger partial charge in [-0.2, -0.15) is 4.98 Å². The number of guanidine groups is 1. The quantitative estimate of drug-likeness (QED) is 0.480. The first-order valence-corrected chi connectivity index (χ1v) is 9.10. The predicted molar refractivity (Wildman–Crippen MR) is 101 cm³/mol. The molecule has 4 N–H and O–H groups in total. The van der Waals surface area contributed by atoms with Gasteiger partial charge < -0.3 is 9.15 Å². The SMILES string of the molecule is CCOc1ccc2nc(NC3=[NH+]C[NH+](Cc4ccco4)CN3)nc(C)c2c1. The molecule has 1 atom stereocenters. The molecule has 0 amide bonds. The molecular weight excluding hydrogens is 344 g/mol. The summed E-state index contributed by atoms with van der Waals surface area (Å²) in [6.45, 7) is 6.97. The fraction of sp³-hybridized carbons (Fsp3) is 0.316. The van der Waals surface area contributed by atoms with Crippen LogP contribution in [-0.2, 0) is 6.54 Å². The molecule has 1 aliphatic rings. The van der Waals surface area contributed by atoms with Crippen molar-refractivity contribution in [1.82, 2.24) is 15.3 Å². The fourth-order valence-corrected chi connectivity index (χ4v) is 3.11. The molecule has 1 aliphatic heterocycles. The Morgan fingerprint density at radius 2 is 2.26 bits per heavy atom. The van der Waals surface area contributed by atoms with Crippen molar-refractivity contribution in [2.24, 2.45) is 0 Å². The van der Waals surface area contributed by atoms with Gasteiger partial charge in [-0.05, 0) is 44.2 Å². The summed E-state index contributed by atoms with van der Waals surface area (Å²) in [7, 11) is 0. The fourth-order valence-electron chi connectivity index (χ4n) is 3.11. The molecule has 3 heterocycles. The molecule has 1 aromatic carbocycles. The Labute approximate surface area is 157 Å². The molecule has 8 nitrogen and oxygen atoms in total. The lowest BCUT2D eigenvalue weighted by molar-refractivity contribution is -0.992.